The fourth-order valence-corrected chi connectivity index (χ4v) is 1.20. The van der Waals surface area contributed by atoms with Crippen LogP contribution >= 0.6 is 0 Å². The summed E-state index contributed by atoms with van der Waals surface area (Å²) in [6, 6.07) is 6.94. The van der Waals surface area contributed by atoms with E-state index in [-0.39, 0.29) is 6.61 Å². The van der Waals surface area contributed by atoms with Gasteiger partial charge in [0.05, 0.1) is 6.61 Å². The SMILES string of the molecule is CCOC(=O)C#Cc1ccccc1/C=C/C(=O)O. The number of ether oxygens (including phenoxy) is 1. The Morgan fingerprint density at radius 3 is 2.78 bits per heavy atom. The second kappa shape index (κ2) is 6.92. The maximum absolute atomic E-state index is 11.1. The van der Waals surface area contributed by atoms with E-state index in [0.29, 0.717) is 11.1 Å². The van der Waals surface area contributed by atoms with Gasteiger partial charge in [-0.15, -0.1) is 0 Å². The molecule has 1 aromatic carbocycles. The molecule has 0 saturated heterocycles. The largest absolute Gasteiger partial charge is 0.478 e. The molecular formula is C14H12O4. The minimum atomic E-state index is -1.04. The summed E-state index contributed by atoms with van der Waals surface area (Å²) in [5.41, 5.74) is 1.21. The average Bonchev–Trinajstić information content (AvgIpc) is 2.35. The van der Waals surface area contributed by atoms with E-state index >= 15 is 0 Å². The first kappa shape index (κ1) is 13.5. The van der Waals surface area contributed by atoms with Crippen LogP contribution in [0.25, 0.3) is 6.08 Å². The van der Waals surface area contributed by atoms with Crippen molar-refractivity contribution in [3.05, 3.63) is 41.5 Å². The summed E-state index contributed by atoms with van der Waals surface area (Å²) in [4.78, 5) is 21.5. The van der Waals surface area contributed by atoms with Gasteiger partial charge in [0, 0.05) is 17.6 Å². The second-order valence-electron chi connectivity index (χ2n) is 3.23. The van der Waals surface area contributed by atoms with Gasteiger partial charge in [-0.1, -0.05) is 24.1 Å². The Labute approximate surface area is 105 Å². The minimum absolute atomic E-state index is 0.272. The molecule has 4 heteroatoms. The number of carboxylic acid groups (broad SMARTS) is 1. The van der Waals surface area contributed by atoms with Crippen molar-refractivity contribution in [3.8, 4) is 11.8 Å². The summed E-state index contributed by atoms with van der Waals surface area (Å²) in [6.07, 6.45) is 2.45. The molecule has 0 heterocycles. The van der Waals surface area contributed by atoms with Crippen LogP contribution in [0.4, 0.5) is 0 Å². The number of carbonyl (C=O) groups is 2. The van der Waals surface area contributed by atoms with Crippen LogP contribution in [0.1, 0.15) is 18.1 Å². The van der Waals surface area contributed by atoms with E-state index in [1.807, 2.05) is 0 Å². The number of hydrogen-bond donors (Lipinski definition) is 1. The number of carbonyl (C=O) groups excluding carboxylic acids is 1. The first-order valence-corrected chi connectivity index (χ1v) is 5.32. The second-order valence-corrected chi connectivity index (χ2v) is 3.23. The molecule has 0 unspecified atom stereocenters. The highest BCUT2D eigenvalue weighted by Crippen LogP contribution is 2.09. The topological polar surface area (TPSA) is 63.6 Å². The van der Waals surface area contributed by atoms with Crippen molar-refractivity contribution in [2.45, 2.75) is 6.92 Å². The van der Waals surface area contributed by atoms with Gasteiger partial charge in [0.1, 0.15) is 0 Å². The normalized spacial score (nSPS) is 9.61. The van der Waals surface area contributed by atoms with Crippen LogP contribution in [-0.4, -0.2) is 23.7 Å². The molecule has 0 aliphatic heterocycles. The molecular weight excluding hydrogens is 232 g/mol. The van der Waals surface area contributed by atoms with Crippen LogP contribution in [0.5, 0.6) is 0 Å². The van der Waals surface area contributed by atoms with Gasteiger partial charge in [0.15, 0.2) is 0 Å². The molecule has 0 fully saturated rings. The maximum Gasteiger partial charge on any atom is 0.384 e. The molecule has 0 radical (unpaired) electrons. The van der Waals surface area contributed by atoms with Gasteiger partial charge >= 0.3 is 11.9 Å². The maximum atomic E-state index is 11.1. The highest BCUT2D eigenvalue weighted by molar-refractivity contribution is 5.90. The third kappa shape index (κ3) is 4.54. The van der Waals surface area contributed by atoms with E-state index < -0.39 is 11.9 Å². The summed E-state index contributed by atoms with van der Waals surface area (Å²) in [7, 11) is 0. The number of benzene rings is 1. The fraction of sp³-hybridized carbons (Fsp3) is 0.143. The molecule has 4 nitrogen and oxygen atoms in total. The van der Waals surface area contributed by atoms with Crippen LogP contribution in [0.2, 0.25) is 0 Å². The lowest BCUT2D eigenvalue weighted by atomic mass is 10.1. The number of hydrogen-bond acceptors (Lipinski definition) is 3. The molecule has 0 bridgehead atoms. The Bertz CT molecular complexity index is 532. The van der Waals surface area contributed by atoms with Gasteiger partial charge in [-0.3, -0.25) is 0 Å². The van der Waals surface area contributed by atoms with Crippen molar-refractivity contribution < 1.29 is 19.4 Å². The van der Waals surface area contributed by atoms with E-state index in [0.717, 1.165) is 6.08 Å². The molecule has 0 aliphatic carbocycles. The van der Waals surface area contributed by atoms with Crippen LogP contribution in [0.3, 0.4) is 0 Å². The Kier molecular flexibility index (Phi) is 5.20. The lowest BCUT2D eigenvalue weighted by molar-refractivity contribution is -0.136. The third-order valence-electron chi connectivity index (χ3n) is 1.94. The third-order valence-corrected chi connectivity index (χ3v) is 1.94. The quantitative estimate of drug-likeness (QED) is 0.499. The van der Waals surface area contributed by atoms with Crippen molar-refractivity contribution in [2.24, 2.45) is 0 Å². The highest BCUT2D eigenvalue weighted by atomic mass is 16.5. The summed E-state index contributed by atoms with van der Waals surface area (Å²) in [5.74, 6) is 3.35. The average molecular weight is 244 g/mol. The molecule has 0 aliphatic rings. The van der Waals surface area contributed by atoms with Crippen LogP contribution < -0.4 is 0 Å². The predicted molar refractivity (Wildman–Crippen MR) is 66.6 cm³/mol. The van der Waals surface area contributed by atoms with Gasteiger partial charge < -0.3 is 9.84 Å². The Morgan fingerprint density at radius 1 is 1.39 bits per heavy atom. The van der Waals surface area contributed by atoms with Gasteiger partial charge in [0.2, 0.25) is 0 Å². The lowest BCUT2D eigenvalue weighted by Crippen LogP contribution is -1.99. The molecule has 1 N–H and O–H groups in total. The number of esters is 1. The summed E-state index contributed by atoms with van der Waals surface area (Å²) in [6.45, 7) is 1.97. The van der Waals surface area contributed by atoms with Crippen molar-refractivity contribution in [1.29, 1.82) is 0 Å². The monoisotopic (exact) mass is 244 g/mol. The standard InChI is InChI=1S/C14H12O4/c1-2-18-14(17)10-8-12-6-4-3-5-11(12)7-9-13(15)16/h3-7,9H,2H2,1H3,(H,15,16)/b9-7+. The predicted octanol–water partition coefficient (Wildman–Crippen LogP) is 1.70. The van der Waals surface area contributed by atoms with Gasteiger partial charge in [-0.25, -0.2) is 9.59 Å². The van der Waals surface area contributed by atoms with Crippen LogP contribution in [-0.2, 0) is 14.3 Å². The van der Waals surface area contributed by atoms with Crippen molar-refractivity contribution >= 4 is 18.0 Å². The van der Waals surface area contributed by atoms with Crippen LogP contribution in [0.15, 0.2) is 30.3 Å². The van der Waals surface area contributed by atoms with Crippen molar-refractivity contribution in [3.63, 3.8) is 0 Å². The zero-order chi connectivity index (χ0) is 13.4. The van der Waals surface area contributed by atoms with E-state index in [1.54, 1.807) is 31.2 Å². The highest BCUT2D eigenvalue weighted by Gasteiger charge is 1.97. The first-order valence-electron chi connectivity index (χ1n) is 5.32. The Hall–Kier alpha value is -2.54. The molecule has 0 saturated carbocycles. The summed E-state index contributed by atoms with van der Waals surface area (Å²) < 4.78 is 4.68. The van der Waals surface area contributed by atoms with Gasteiger partial charge in [0.25, 0.3) is 0 Å². The summed E-state index contributed by atoms with van der Waals surface area (Å²) in [5, 5.41) is 8.56. The molecule has 1 aromatic rings. The smallest absolute Gasteiger partial charge is 0.384 e. The molecule has 0 atom stereocenters. The van der Waals surface area contributed by atoms with E-state index in [2.05, 4.69) is 16.6 Å². The van der Waals surface area contributed by atoms with Gasteiger partial charge in [-0.2, -0.15) is 0 Å². The van der Waals surface area contributed by atoms with Gasteiger partial charge in [-0.05, 0) is 24.6 Å². The summed E-state index contributed by atoms with van der Waals surface area (Å²) >= 11 is 0. The van der Waals surface area contributed by atoms with Crippen molar-refractivity contribution in [2.75, 3.05) is 6.61 Å². The number of rotatable bonds is 3. The lowest BCUT2D eigenvalue weighted by Gasteiger charge is -1.97. The number of aliphatic carboxylic acids is 1. The minimum Gasteiger partial charge on any atom is -0.478 e. The van der Waals surface area contributed by atoms with Crippen LogP contribution in [0, 0.1) is 11.8 Å². The van der Waals surface area contributed by atoms with E-state index in [4.69, 9.17) is 5.11 Å². The molecule has 0 amide bonds. The molecule has 0 aromatic heterocycles. The fourth-order valence-electron chi connectivity index (χ4n) is 1.20. The zero-order valence-corrected chi connectivity index (χ0v) is 9.84. The molecule has 1 rings (SSSR count). The Balaban J connectivity index is 2.95. The molecule has 0 spiro atoms. The zero-order valence-electron chi connectivity index (χ0n) is 9.84. The molecule has 92 valence electrons. The van der Waals surface area contributed by atoms with E-state index in [1.165, 1.54) is 6.08 Å². The molecule has 18 heavy (non-hydrogen) atoms. The number of carboxylic acids is 1. The van der Waals surface area contributed by atoms with E-state index in [9.17, 15) is 9.59 Å². The Morgan fingerprint density at radius 2 is 2.11 bits per heavy atom. The van der Waals surface area contributed by atoms with Crippen molar-refractivity contribution in [1.82, 2.24) is 0 Å². The first-order chi connectivity index (χ1) is 8.63.